The minimum absolute atomic E-state index is 0.0953. The van der Waals surface area contributed by atoms with E-state index in [0.29, 0.717) is 17.8 Å². The highest BCUT2D eigenvalue weighted by molar-refractivity contribution is 7.80. The molecule has 2 N–H and O–H groups in total. The van der Waals surface area contributed by atoms with Crippen LogP contribution >= 0.6 is 12.2 Å². The Kier molecular flexibility index (Phi) is 4.78. The molecule has 0 bridgehead atoms. The molecule has 0 atom stereocenters. The first-order valence-corrected chi connectivity index (χ1v) is 8.04. The van der Waals surface area contributed by atoms with E-state index in [1.54, 1.807) is 0 Å². The zero-order valence-corrected chi connectivity index (χ0v) is 13.0. The molecule has 0 aromatic carbocycles. The van der Waals surface area contributed by atoms with Crippen molar-refractivity contribution >= 4 is 29.0 Å². The normalized spacial score (nSPS) is 25.1. The van der Waals surface area contributed by atoms with Crippen molar-refractivity contribution in [3.8, 4) is 0 Å². The molecule has 2 amide bonds. The van der Waals surface area contributed by atoms with Gasteiger partial charge in [-0.1, -0.05) is 51.2 Å². The number of hydrogen-bond donors (Lipinski definition) is 1. The fourth-order valence-corrected chi connectivity index (χ4v) is 3.83. The molecule has 1 aliphatic carbocycles. The number of likely N-dealkylation sites (tertiary alicyclic amines) is 1. The summed E-state index contributed by atoms with van der Waals surface area (Å²) in [4.78, 5) is 26.6. The van der Waals surface area contributed by atoms with Gasteiger partial charge < -0.3 is 5.73 Å². The van der Waals surface area contributed by atoms with Crippen LogP contribution in [-0.4, -0.2) is 27.2 Å². The summed E-state index contributed by atoms with van der Waals surface area (Å²) < 4.78 is 0. The molecule has 5 heteroatoms. The Morgan fingerprint density at radius 2 is 1.55 bits per heavy atom. The van der Waals surface area contributed by atoms with E-state index >= 15 is 0 Å². The van der Waals surface area contributed by atoms with Crippen molar-refractivity contribution in [1.82, 2.24) is 4.90 Å². The number of hydrogen-bond acceptors (Lipinski definition) is 3. The third-order valence-electron chi connectivity index (χ3n) is 4.61. The van der Waals surface area contributed by atoms with Crippen molar-refractivity contribution < 1.29 is 9.59 Å². The SMILES string of the molecule is CC1CC(=O)N(C2(C(N)=S)CCCCCCC2)C(=O)C1. The fourth-order valence-electron chi connectivity index (χ4n) is 3.54. The number of piperidine rings is 1. The van der Waals surface area contributed by atoms with Crippen molar-refractivity contribution in [2.24, 2.45) is 11.7 Å². The van der Waals surface area contributed by atoms with Gasteiger partial charge in [0, 0.05) is 12.8 Å². The molecule has 0 spiro atoms. The van der Waals surface area contributed by atoms with Gasteiger partial charge in [-0.2, -0.15) is 0 Å². The largest absolute Gasteiger partial charge is 0.391 e. The first-order valence-electron chi connectivity index (χ1n) is 7.63. The van der Waals surface area contributed by atoms with Gasteiger partial charge in [0.1, 0.15) is 5.54 Å². The summed E-state index contributed by atoms with van der Waals surface area (Å²) in [7, 11) is 0. The maximum atomic E-state index is 12.4. The molecule has 2 aliphatic rings. The van der Waals surface area contributed by atoms with E-state index in [2.05, 4.69) is 0 Å². The molecule has 2 fully saturated rings. The predicted octanol–water partition coefficient (Wildman–Crippen LogP) is 2.54. The van der Waals surface area contributed by atoms with Gasteiger partial charge in [0.05, 0.1) is 4.99 Å². The highest BCUT2D eigenvalue weighted by Gasteiger charge is 2.47. The summed E-state index contributed by atoms with van der Waals surface area (Å²) in [5.74, 6) is -0.0625. The maximum Gasteiger partial charge on any atom is 0.230 e. The van der Waals surface area contributed by atoms with Gasteiger partial charge in [-0.25, -0.2) is 0 Å². The van der Waals surface area contributed by atoms with Gasteiger partial charge in [0.15, 0.2) is 0 Å². The van der Waals surface area contributed by atoms with Crippen LogP contribution in [0.3, 0.4) is 0 Å². The van der Waals surface area contributed by atoms with Crippen molar-refractivity contribution in [3.63, 3.8) is 0 Å². The van der Waals surface area contributed by atoms with Gasteiger partial charge in [-0.3, -0.25) is 14.5 Å². The van der Waals surface area contributed by atoms with Gasteiger partial charge >= 0.3 is 0 Å². The molecule has 0 radical (unpaired) electrons. The third-order valence-corrected chi connectivity index (χ3v) is 4.99. The van der Waals surface area contributed by atoms with Crippen LogP contribution in [0.15, 0.2) is 0 Å². The number of carbonyl (C=O) groups is 2. The van der Waals surface area contributed by atoms with E-state index in [-0.39, 0.29) is 17.7 Å². The van der Waals surface area contributed by atoms with Gasteiger partial charge in [-0.15, -0.1) is 0 Å². The van der Waals surface area contributed by atoms with E-state index in [9.17, 15) is 9.59 Å². The number of amides is 2. The molecule has 1 saturated carbocycles. The summed E-state index contributed by atoms with van der Waals surface area (Å²) in [5, 5.41) is 0. The van der Waals surface area contributed by atoms with Crippen LogP contribution in [0.1, 0.15) is 64.7 Å². The van der Waals surface area contributed by atoms with E-state index in [1.807, 2.05) is 6.92 Å². The maximum absolute atomic E-state index is 12.4. The van der Waals surface area contributed by atoms with E-state index < -0.39 is 5.54 Å². The number of nitrogens with zero attached hydrogens (tertiary/aromatic N) is 1. The monoisotopic (exact) mass is 296 g/mol. The van der Waals surface area contributed by atoms with Crippen LogP contribution in [0.4, 0.5) is 0 Å². The minimum Gasteiger partial charge on any atom is -0.391 e. The van der Waals surface area contributed by atoms with Gasteiger partial charge in [0.2, 0.25) is 11.8 Å². The summed E-state index contributed by atoms with van der Waals surface area (Å²) in [5.41, 5.74) is 5.29. The lowest BCUT2D eigenvalue weighted by molar-refractivity contribution is -0.155. The van der Waals surface area contributed by atoms with Gasteiger partial charge in [-0.05, 0) is 18.8 Å². The Morgan fingerprint density at radius 1 is 1.10 bits per heavy atom. The number of rotatable bonds is 2. The van der Waals surface area contributed by atoms with Crippen LogP contribution < -0.4 is 5.73 Å². The third kappa shape index (κ3) is 2.87. The standard InChI is InChI=1S/C15H24N2O2S/c1-11-9-12(18)17(13(19)10-11)15(14(16)20)7-5-3-2-4-6-8-15/h11H,2-10H2,1H3,(H2,16,20). The highest BCUT2D eigenvalue weighted by atomic mass is 32.1. The van der Waals surface area contributed by atoms with Crippen LogP contribution in [0.5, 0.6) is 0 Å². The Balaban J connectivity index is 2.32. The second kappa shape index (κ2) is 6.20. The topological polar surface area (TPSA) is 63.4 Å². The summed E-state index contributed by atoms with van der Waals surface area (Å²) >= 11 is 5.28. The van der Waals surface area contributed by atoms with Crippen LogP contribution in [0.25, 0.3) is 0 Å². The predicted molar refractivity (Wildman–Crippen MR) is 82.1 cm³/mol. The quantitative estimate of drug-likeness (QED) is 0.628. The van der Waals surface area contributed by atoms with E-state index in [4.69, 9.17) is 18.0 Å². The molecular formula is C15H24N2O2S. The summed E-state index contributed by atoms with van der Waals surface area (Å²) in [6.07, 6.45) is 7.73. The van der Waals surface area contributed by atoms with Crippen LogP contribution in [-0.2, 0) is 9.59 Å². The lowest BCUT2D eigenvalue weighted by Crippen LogP contribution is -2.63. The first kappa shape index (κ1) is 15.4. The average molecular weight is 296 g/mol. The molecule has 2 rings (SSSR count). The summed E-state index contributed by atoms with van der Waals surface area (Å²) in [6.45, 7) is 1.94. The number of nitrogens with two attached hydrogens (primary N) is 1. The van der Waals surface area contributed by atoms with Gasteiger partial charge in [0.25, 0.3) is 0 Å². The highest BCUT2D eigenvalue weighted by Crippen LogP contribution is 2.36. The average Bonchev–Trinajstić information content (AvgIpc) is 2.29. The zero-order chi connectivity index (χ0) is 14.8. The molecule has 4 nitrogen and oxygen atoms in total. The minimum atomic E-state index is -0.704. The van der Waals surface area contributed by atoms with Crippen LogP contribution in [0.2, 0.25) is 0 Å². The molecule has 0 aromatic heterocycles. The molecule has 20 heavy (non-hydrogen) atoms. The second-order valence-electron chi connectivity index (χ2n) is 6.30. The Bertz CT molecular complexity index is 396. The Morgan fingerprint density at radius 3 is 2.00 bits per heavy atom. The van der Waals surface area contributed by atoms with E-state index in [0.717, 1.165) is 38.5 Å². The molecule has 112 valence electrons. The number of thiocarbonyl (C=S) groups is 1. The lowest BCUT2D eigenvalue weighted by atomic mass is 9.80. The van der Waals surface area contributed by atoms with Crippen LogP contribution in [0, 0.1) is 5.92 Å². The van der Waals surface area contributed by atoms with E-state index in [1.165, 1.54) is 11.3 Å². The zero-order valence-electron chi connectivity index (χ0n) is 12.2. The number of carbonyl (C=O) groups excluding carboxylic acids is 2. The molecular weight excluding hydrogens is 272 g/mol. The van der Waals surface area contributed by atoms with Crippen molar-refractivity contribution in [3.05, 3.63) is 0 Å². The molecule has 0 aromatic rings. The Labute approximate surface area is 126 Å². The molecule has 1 aliphatic heterocycles. The summed E-state index contributed by atoms with van der Waals surface area (Å²) in [6, 6.07) is 0. The fraction of sp³-hybridized carbons (Fsp3) is 0.800. The molecule has 0 unspecified atom stereocenters. The van der Waals surface area contributed by atoms with Crippen molar-refractivity contribution in [2.75, 3.05) is 0 Å². The van der Waals surface area contributed by atoms with Crippen molar-refractivity contribution in [1.29, 1.82) is 0 Å². The lowest BCUT2D eigenvalue weighted by Gasteiger charge is -2.45. The van der Waals surface area contributed by atoms with Crippen molar-refractivity contribution in [2.45, 2.75) is 70.3 Å². The first-order chi connectivity index (χ1) is 9.47. The Hall–Kier alpha value is -0.970. The smallest absolute Gasteiger partial charge is 0.230 e. The second-order valence-corrected chi connectivity index (χ2v) is 6.74. The molecule has 1 saturated heterocycles. The molecule has 1 heterocycles. The number of imide groups is 1.